The number of benzene rings is 1. The number of nitrogens with one attached hydrogen (secondary N) is 1. The van der Waals surface area contributed by atoms with Crippen LogP contribution in [0.4, 0.5) is 5.69 Å². The Balaban J connectivity index is 1.81. The third-order valence-corrected chi connectivity index (χ3v) is 4.39. The van der Waals surface area contributed by atoms with E-state index in [0.717, 1.165) is 24.1 Å². The molecule has 1 aromatic carbocycles. The van der Waals surface area contributed by atoms with E-state index in [2.05, 4.69) is 10.3 Å². The molecule has 2 aromatic rings. The first-order chi connectivity index (χ1) is 9.69. The largest absolute Gasteiger partial charge is 0.483 e. The molecular formula is C13H15N3O3S. The van der Waals surface area contributed by atoms with Gasteiger partial charge in [-0.15, -0.1) is 11.3 Å². The van der Waals surface area contributed by atoms with Crippen LogP contribution in [0.15, 0.2) is 17.6 Å². The number of aromatic nitrogens is 1. The van der Waals surface area contributed by atoms with Gasteiger partial charge in [-0.3, -0.25) is 10.1 Å². The van der Waals surface area contributed by atoms with Gasteiger partial charge in [0.2, 0.25) is 0 Å². The molecule has 0 saturated heterocycles. The summed E-state index contributed by atoms with van der Waals surface area (Å²) in [6, 6.07) is 3.52. The van der Waals surface area contributed by atoms with Crippen molar-refractivity contribution in [3.05, 3.63) is 27.8 Å². The van der Waals surface area contributed by atoms with Crippen LogP contribution in [-0.4, -0.2) is 29.6 Å². The molecule has 1 N–H and O–H groups in total. The summed E-state index contributed by atoms with van der Waals surface area (Å²) in [5.41, 5.74) is 2.03. The molecule has 3 rings (SSSR count). The minimum absolute atomic E-state index is 0.0131. The number of rotatable bonds is 5. The van der Waals surface area contributed by atoms with Crippen molar-refractivity contribution < 1.29 is 9.66 Å². The van der Waals surface area contributed by atoms with Gasteiger partial charge in [0.05, 0.1) is 21.2 Å². The fraction of sp³-hybridized carbons (Fsp3) is 0.462. The SMILES string of the molecule is CNCC1CC(Oc2ccc3scnc3c2[N+](=O)[O-])C1. The number of nitrogens with zero attached hydrogens (tertiary/aromatic N) is 2. The first kappa shape index (κ1) is 13.3. The molecular weight excluding hydrogens is 278 g/mol. The Morgan fingerprint density at radius 2 is 2.35 bits per heavy atom. The van der Waals surface area contributed by atoms with Crippen LogP contribution < -0.4 is 10.1 Å². The molecule has 1 heterocycles. The average Bonchev–Trinajstić information content (AvgIpc) is 2.83. The molecule has 0 aliphatic heterocycles. The van der Waals surface area contributed by atoms with Gasteiger partial charge in [-0.05, 0) is 44.5 Å². The second-order valence-electron chi connectivity index (χ2n) is 5.00. The predicted molar refractivity (Wildman–Crippen MR) is 77.3 cm³/mol. The molecule has 6 nitrogen and oxygen atoms in total. The van der Waals surface area contributed by atoms with Crippen molar-refractivity contribution in [2.45, 2.75) is 18.9 Å². The number of nitro benzene ring substituents is 1. The van der Waals surface area contributed by atoms with Crippen molar-refractivity contribution in [3.63, 3.8) is 0 Å². The summed E-state index contributed by atoms with van der Waals surface area (Å²) < 4.78 is 6.60. The van der Waals surface area contributed by atoms with Crippen LogP contribution in [-0.2, 0) is 0 Å². The Morgan fingerprint density at radius 1 is 1.55 bits per heavy atom. The Hall–Kier alpha value is -1.73. The second-order valence-corrected chi connectivity index (χ2v) is 5.89. The number of fused-ring (bicyclic) bond motifs is 1. The van der Waals surface area contributed by atoms with E-state index in [-0.39, 0.29) is 11.8 Å². The zero-order valence-corrected chi connectivity index (χ0v) is 11.9. The van der Waals surface area contributed by atoms with E-state index in [1.807, 2.05) is 13.1 Å². The molecule has 0 bridgehead atoms. The maximum atomic E-state index is 11.3. The second kappa shape index (κ2) is 5.34. The summed E-state index contributed by atoms with van der Waals surface area (Å²) in [7, 11) is 1.93. The monoisotopic (exact) mass is 293 g/mol. The summed E-state index contributed by atoms with van der Waals surface area (Å²) in [4.78, 5) is 14.9. The molecule has 20 heavy (non-hydrogen) atoms. The fourth-order valence-corrected chi connectivity index (χ4v) is 3.25. The summed E-state index contributed by atoms with van der Waals surface area (Å²) in [5.74, 6) is 0.938. The van der Waals surface area contributed by atoms with Crippen LogP contribution >= 0.6 is 11.3 Å². The molecule has 1 aromatic heterocycles. The van der Waals surface area contributed by atoms with Crippen LogP contribution in [0.5, 0.6) is 5.75 Å². The lowest BCUT2D eigenvalue weighted by atomic mass is 9.82. The van der Waals surface area contributed by atoms with Crippen molar-refractivity contribution in [3.8, 4) is 5.75 Å². The van der Waals surface area contributed by atoms with Gasteiger partial charge >= 0.3 is 5.69 Å². The van der Waals surface area contributed by atoms with Crippen LogP contribution in [0.2, 0.25) is 0 Å². The third kappa shape index (κ3) is 2.34. The number of hydrogen-bond acceptors (Lipinski definition) is 6. The van der Waals surface area contributed by atoms with Crippen molar-refractivity contribution >= 4 is 27.2 Å². The summed E-state index contributed by atoms with van der Waals surface area (Å²) in [5, 5.41) is 14.4. The Kier molecular flexibility index (Phi) is 3.54. The van der Waals surface area contributed by atoms with Crippen LogP contribution in [0, 0.1) is 16.0 Å². The Bertz CT molecular complexity index is 637. The first-order valence-corrected chi connectivity index (χ1v) is 7.39. The Labute approximate surface area is 119 Å². The van der Waals surface area contributed by atoms with E-state index in [1.165, 1.54) is 11.3 Å². The third-order valence-electron chi connectivity index (χ3n) is 3.60. The highest BCUT2D eigenvalue weighted by atomic mass is 32.1. The molecule has 0 radical (unpaired) electrons. The average molecular weight is 293 g/mol. The lowest BCUT2D eigenvalue weighted by molar-refractivity contribution is -0.384. The van der Waals surface area contributed by atoms with E-state index < -0.39 is 4.92 Å². The van der Waals surface area contributed by atoms with Gasteiger partial charge in [-0.1, -0.05) is 0 Å². The van der Waals surface area contributed by atoms with Crippen LogP contribution in [0.25, 0.3) is 10.2 Å². The molecule has 106 valence electrons. The minimum Gasteiger partial charge on any atom is -0.483 e. The smallest absolute Gasteiger partial charge is 0.337 e. The highest BCUT2D eigenvalue weighted by Crippen LogP contribution is 2.39. The van der Waals surface area contributed by atoms with E-state index in [0.29, 0.717) is 17.2 Å². The van der Waals surface area contributed by atoms with Crippen molar-refractivity contribution in [1.29, 1.82) is 0 Å². The standard InChI is InChI=1S/C13H15N3O3S/c1-14-6-8-4-9(5-8)19-10-2-3-11-12(15-7-20-11)13(10)16(17)18/h2-3,7-9,14H,4-6H2,1H3. The van der Waals surface area contributed by atoms with E-state index >= 15 is 0 Å². The quantitative estimate of drug-likeness (QED) is 0.677. The first-order valence-electron chi connectivity index (χ1n) is 6.51. The van der Waals surface area contributed by atoms with Crippen molar-refractivity contribution in [2.75, 3.05) is 13.6 Å². The summed E-state index contributed by atoms with van der Waals surface area (Å²) >= 11 is 1.39. The zero-order chi connectivity index (χ0) is 14.1. The van der Waals surface area contributed by atoms with E-state index in [1.54, 1.807) is 11.6 Å². The van der Waals surface area contributed by atoms with Gasteiger partial charge in [0.1, 0.15) is 0 Å². The maximum Gasteiger partial charge on any atom is 0.337 e. The number of nitro groups is 1. The van der Waals surface area contributed by atoms with Crippen molar-refractivity contribution in [2.24, 2.45) is 5.92 Å². The topological polar surface area (TPSA) is 77.3 Å². The lowest BCUT2D eigenvalue weighted by Crippen LogP contribution is -2.38. The van der Waals surface area contributed by atoms with Gasteiger partial charge in [-0.25, -0.2) is 4.98 Å². The van der Waals surface area contributed by atoms with Gasteiger partial charge in [0.15, 0.2) is 11.3 Å². The summed E-state index contributed by atoms with van der Waals surface area (Å²) in [6.45, 7) is 0.965. The molecule has 1 aliphatic carbocycles. The van der Waals surface area contributed by atoms with E-state index in [4.69, 9.17) is 4.74 Å². The molecule has 0 spiro atoms. The molecule has 7 heteroatoms. The maximum absolute atomic E-state index is 11.3. The van der Waals surface area contributed by atoms with Crippen LogP contribution in [0.3, 0.4) is 0 Å². The molecule has 0 unspecified atom stereocenters. The summed E-state index contributed by atoms with van der Waals surface area (Å²) in [6.07, 6.45) is 1.95. The van der Waals surface area contributed by atoms with Gasteiger partial charge in [0.25, 0.3) is 0 Å². The molecule has 0 atom stereocenters. The highest BCUT2D eigenvalue weighted by molar-refractivity contribution is 7.16. The van der Waals surface area contributed by atoms with Gasteiger partial charge < -0.3 is 10.1 Å². The van der Waals surface area contributed by atoms with Gasteiger partial charge in [0, 0.05) is 0 Å². The van der Waals surface area contributed by atoms with Gasteiger partial charge in [-0.2, -0.15) is 0 Å². The van der Waals surface area contributed by atoms with Crippen molar-refractivity contribution in [1.82, 2.24) is 10.3 Å². The molecule has 1 fully saturated rings. The van der Waals surface area contributed by atoms with Crippen LogP contribution in [0.1, 0.15) is 12.8 Å². The number of thiazole rings is 1. The normalized spacial score (nSPS) is 21.6. The van der Waals surface area contributed by atoms with E-state index in [9.17, 15) is 10.1 Å². The molecule has 1 saturated carbocycles. The Morgan fingerprint density at radius 3 is 3.05 bits per heavy atom. The number of hydrogen-bond donors (Lipinski definition) is 1. The fourth-order valence-electron chi connectivity index (χ4n) is 2.58. The predicted octanol–water partition coefficient (Wildman–Crippen LogP) is 2.58. The molecule has 1 aliphatic rings. The zero-order valence-electron chi connectivity index (χ0n) is 11.0. The number of ether oxygens (including phenoxy) is 1. The highest BCUT2D eigenvalue weighted by Gasteiger charge is 2.32. The minimum atomic E-state index is -0.402. The molecule has 0 amide bonds. The lowest BCUT2D eigenvalue weighted by Gasteiger charge is -2.35.